The van der Waals surface area contributed by atoms with Gasteiger partial charge in [0.2, 0.25) is 10.0 Å². The van der Waals surface area contributed by atoms with Gasteiger partial charge in [0, 0.05) is 10.5 Å². The lowest BCUT2D eigenvalue weighted by Crippen LogP contribution is -2.27. The molecular weight excluding hydrogens is 402 g/mol. The molecule has 0 heterocycles. The smallest absolute Gasteiger partial charge is 0.244 e. The van der Waals surface area contributed by atoms with Gasteiger partial charge in [-0.05, 0) is 41.7 Å². The molecule has 0 aliphatic carbocycles. The first-order valence-corrected chi connectivity index (χ1v) is 10.3. The summed E-state index contributed by atoms with van der Waals surface area (Å²) >= 11 is 3.31. The topological polar surface area (TPSA) is 55.4 Å². The van der Waals surface area contributed by atoms with Gasteiger partial charge in [-0.2, -0.15) is 0 Å². The minimum Gasteiger partial charge on any atom is -0.495 e. The van der Waals surface area contributed by atoms with Crippen LogP contribution >= 0.6 is 15.9 Å². The van der Waals surface area contributed by atoms with Gasteiger partial charge >= 0.3 is 0 Å². The van der Waals surface area contributed by atoms with E-state index in [0.29, 0.717) is 10.2 Å². The summed E-state index contributed by atoms with van der Waals surface area (Å²) in [5.74, 6) is 0.311. The second-order valence-electron chi connectivity index (χ2n) is 7.01. The van der Waals surface area contributed by atoms with E-state index in [1.807, 2.05) is 31.2 Å². The highest BCUT2D eigenvalue weighted by molar-refractivity contribution is 9.10. The normalized spacial score (nSPS) is 13.5. The van der Waals surface area contributed by atoms with Crippen molar-refractivity contribution in [3.8, 4) is 5.75 Å². The summed E-state index contributed by atoms with van der Waals surface area (Å²) in [6.45, 7) is 8.27. The van der Waals surface area contributed by atoms with Crippen molar-refractivity contribution in [1.29, 1.82) is 0 Å². The van der Waals surface area contributed by atoms with Crippen LogP contribution in [0.1, 0.15) is 44.9 Å². The van der Waals surface area contributed by atoms with Gasteiger partial charge in [0.25, 0.3) is 0 Å². The lowest BCUT2D eigenvalue weighted by molar-refractivity contribution is 0.402. The van der Waals surface area contributed by atoms with Crippen molar-refractivity contribution >= 4 is 26.0 Å². The van der Waals surface area contributed by atoms with Crippen LogP contribution < -0.4 is 9.46 Å². The Morgan fingerprint density at radius 2 is 1.68 bits per heavy atom. The number of benzene rings is 2. The van der Waals surface area contributed by atoms with E-state index >= 15 is 0 Å². The Bertz CT molecular complexity index is 840. The van der Waals surface area contributed by atoms with Crippen molar-refractivity contribution in [2.45, 2.75) is 44.0 Å². The molecule has 0 aromatic heterocycles. The van der Waals surface area contributed by atoms with Gasteiger partial charge in [0.1, 0.15) is 10.6 Å². The van der Waals surface area contributed by atoms with Gasteiger partial charge < -0.3 is 4.74 Å². The molecule has 25 heavy (non-hydrogen) atoms. The average Bonchev–Trinajstić information content (AvgIpc) is 2.53. The molecule has 0 saturated carbocycles. The van der Waals surface area contributed by atoms with Crippen LogP contribution in [0.25, 0.3) is 0 Å². The highest BCUT2D eigenvalue weighted by atomic mass is 79.9. The van der Waals surface area contributed by atoms with Crippen molar-refractivity contribution in [2.24, 2.45) is 0 Å². The maximum Gasteiger partial charge on any atom is 0.244 e. The predicted octanol–water partition coefficient (Wildman–Crippen LogP) is 4.79. The first-order valence-electron chi connectivity index (χ1n) is 8.01. The number of sulfonamides is 1. The van der Waals surface area contributed by atoms with Gasteiger partial charge in [-0.15, -0.1) is 0 Å². The van der Waals surface area contributed by atoms with Crippen molar-refractivity contribution in [1.82, 2.24) is 4.72 Å². The quantitative estimate of drug-likeness (QED) is 0.748. The molecule has 136 valence electrons. The third kappa shape index (κ3) is 4.84. The van der Waals surface area contributed by atoms with Crippen LogP contribution in [0, 0.1) is 0 Å². The zero-order valence-electron chi connectivity index (χ0n) is 15.1. The van der Waals surface area contributed by atoms with Crippen molar-refractivity contribution < 1.29 is 13.2 Å². The Balaban J connectivity index is 2.27. The molecule has 0 fully saturated rings. The molecule has 0 aliphatic rings. The molecule has 2 aromatic carbocycles. The van der Waals surface area contributed by atoms with Crippen molar-refractivity contribution in [3.63, 3.8) is 0 Å². The number of hydrogen-bond donors (Lipinski definition) is 1. The molecule has 1 atom stereocenters. The van der Waals surface area contributed by atoms with Gasteiger partial charge in [-0.1, -0.05) is 61.0 Å². The molecular formula is C19H24BrNO3S. The van der Waals surface area contributed by atoms with Crippen molar-refractivity contribution in [3.05, 3.63) is 58.1 Å². The second-order valence-corrected chi connectivity index (χ2v) is 9.61. The Morgan fingerprint density at radius 3 is 2.20 bits per heavy atom. The van der Waals surface area contributed by atoms with Crippen LogP contribution in [0.4, 0.5) is 0 Å². The maximum atomic E-state index is 12.8. The highest BCUT2D eigenvalue weighted by Crippen LogP contribution is 2.29. The van der Waals surface area contributed by atoms with Crippen LogP contribution in [-0.4, -0.2) is 15.5 Å². The minimum absolute atomic E-state index is 0.0605. The predicted molar refractivity (Wildman–Crippen MR) is 105 cm³/mol. The van der Waals surface area contributed by atoms with E-state index in [1.54, 1.807) is 12.1 Å². The summed E-state index contributed by atoms with van der Waals surface area (Å²) in [5.41, 5.74) is 2.18. The first kappa shape index (κ1) is 19.9. The minimum atomic E-state index is -3.72. The van der Waals surface area contributed by atoms with Crippen LogP contribution in [-0.2, 0) is 15.4 Å². The summed E-state index contributed by atoms with van der Waals surface area (Å²) in [7, 11) is -2.26. The lowest BCUT2D eigenvalue weighted by Gasteiger charge is -2.21. The number of methoxy groups -OCH3 is 1. The average molecular weight is 426 g/mol. The Hall–Kier alpha value is -1.37. The fourth-order valence-electron chi connectivity index (χ4n) is 2.50. The number of ether oxygens (including phenoxy) is 1. The van der Waals surface area contributed by atoms with E-state index < -0.39 is 10.0 Å². The molecule has 0 radical (unpaired) electrons. The molecule has 4 nitrogen and oxygen atoms in total. The summed E-state index contributed by atoms with van der Waals surface area (Å²) in [6, 6.07) is 12.6. The zero-order chi connectivity index (χ0) is 18.8. The monoisotopic (exact) mass is 425 g/mol. The molecule has 0 amide bonds. The van der Waals surface area contributed by atoms with Crippen LogP contribution in [0.3, 0.4) is 0 Å². The Morgan fingerprint density at radius 1 is 1.08 bits per heavy atom. The summed E-state index contributed by atoms with van der Waals surface area (Å²) in [5, 5.41) is 0. The zero-order valence-corrected chi connectivity index (χ0v) is 17.5. The standard InChI is InChI=1S/C19H24BrNO3S/c1-13(14-6-8-15(9-7-14)19(2,3)4)21-25(22,23)18-12-16(20)10-11-17(18)24-5/h6-13,21H,1-5H3. The highest BCUT2D eigenvalue weighted by Gasteiger charge is 2.23. The van der Waals surface area contributed by atoms with E-state index in [2.05, 4.69) is 41.4 Å². The van der Waals surface area contributed by atoms with E-state index in [0.717, 1.165) is 5.56 Å². The number of rotatable bonds is 5. The van der Waals surface area contributed by atoms with Crippen molar-refractivity contribution in [2.75, 3.05) is 7.11 Å². The Kier molecular flexibility index (Phi) is 5.97. The van der Waals surface area contributed by atoms with E-state index in [1.165, 1.54) is 18.7 Å². The molecule has 2 aromatic rings. The van der Waals surface area contributed by atoms with E-state index in [9.17, 15) is 8.42 Å². The van der Waals surface area contributed by atoms with Gasteiger partial charge in [-0.3, -0.25) is 0 Å². The third-order valence-electron chi connectivity index (χ3n) is 4.02. The number of nitrogens with one attached hydrogen (secondary N) is 1. The molecule has 0 bridgehead atoms. The lowest BCUT2D eigenvalue weighted by atomic mass is 9.86. The van der Waals surface area contributed by atoms with Gasteiger partial charge in [0.15, 0.2) is 0 Å². The van der Waals surface area contributed by atoms with Crippen LogP contribution in [0.15, 0.2) is 51.8 Å². The fourth-order valence-corrected chi connectivity index (χ4v) is 4.44. The summed E-state index contributed by atoms with van der Waals surface area (Å²) in [4.78, 5) is 0.113. The first-order chi connectivity index (χ1) is 11.5. The molecule has 0 saturated heterocycles. The fraction of sp³-hybridized carbons (Fsp3) is 0.368. The van der Waals surface area contributed by atoms with Crippen LogP contribution in [0.2, 0.25) is 0 Å². The van der Waals surface area contributed by atoms with E-state index in [-0.39, 0.29) is 16.4 Å². The molecule has 2 rings (SSSR count). The summed E-state index contributed by atoms with van der Waals surface area (Å²) < 4.78 is 34.1. The number of halogens is 1. The summed E-state index contributed by atoms with van der Waals surface area (Å²) in [6.07, 6.45) is 0. The SMILES string of the molecule is COc1ccc(Br)cc1S(=O)(=O)NC(C)c1ccc(C(C)(C)C)cc1. The Labute approximate surface area is 158 Å². The van der Waals surface area contributed by atoms with Crippen LogP contribution in [0.5, 0.6) is 5.75 Å². The number of hydrogen-bond acceptors (Lipinski definition) is 3. The van der Waals surface area contributed by atoms with E-state index in [4.69, 9.17) is 4.74 Å². The molecule has 0 spiro atoms. The molecule has 1 N–H and O–H groups in total. The maximum absolute atomic E-state index is 12.8. The third-order valence-corrected chi connectivity index (χ3v) is 6.08. The molecule has 1 unspecified atom stereocenters. The van der Waals surface area contributed by atoms with Gasteiger partial charge in [-0.25, -0.2) is 13.1 Å². The van der Waals surface area contributed by atoms with Gasteiger partial charge in [0.05, 0.1) is 7.11 Å². The molecule has 0 aliphatic heterocycles. The second kappa shape index (κ2) is 7.48. The largest absolute Gasteiger partial charge is 0.495 e. The molecule has 6 heteroatoms.